The molecular formula is C12H18N6O. The first-order valence-corrected chi connectivity index (χ1v) is 6.49. The number of nitrogens with one attached hydrogen (secondary N) is 1. The molecular weight excluding hydrogens is 244 g/mol. The fraction of sp³-hybridized carbons (Fsp3) is 0.583. The zero-order valence-corrected chi connectivity index (χ0v) is 10.9. The molecule has 7 nitrogen and oxygen atoms in total. The Morgan fingerprint density at radius 3 is 3.05 bits per heavy atom. The molecule has 2 aromatic heterocycles. The lowest BCUT2D eigenvalue weighted by Gasteiger charge is -2.23. The smallest absolute Gasteiger partial charge is 0.224 e. The predicted octanol–water partition coefficient (Wildman–Crippen LogP) is 0.676. The molecule has 2 aromatic rings. The van der Waals surface area contributed by atoms with Gasteiger partial charge in [-0.2, -0.15) is 9.97 Å². The van der Waals surface area contributed by atoms with Gasteiger partial charge in [0.05, 0.1) is 11.9 Å². The minimum atomic E-state index is -0.597. The molecule has 1 aliphatic heterocycles. The van der Waals surface area contributed by atoms with Gasteiger partial charge < -0.3 is 20.7 Å². The summed E-state index contributed by atoms with van der Waals surface area (Å²) in [7, 11) is 0. The van der Waals surface area contributed by atoms with E-state index in [1.165, 1.54) is 0 Å². The van der Waals surface area contributed by atoms with Crippen molar-refractivity contribution in [3.63, 3.8) is 0 Å². The summed E-state index contributed by atoms with van der Waals surface area (Å²) in [5.74, 6) is 1.00. The number of fused-ring (bicyclic) bond motifs is 1. The molecule has 4 N–H and O–H groups in total. The average Bonchev–Trinajstić information content (AvgIpc) is 2.72. The minimum absolute atomic E-state index is 0.227. The second kappa shape index (κ2) is 4.34. The van der Waals surface area contributed by atoms with Crippen LogP contribution in [0.15, 0.2) is 6.33 Å². The number of hydrogen-bond donors (Lipinski definition) is 3. The molecule has 3 heterocycles. The first-order chi connectivity index (χ1) is 9.05. The molecule has 0 aromatic carbocycles. The van der Waals surface area contributed by atoms with Crippen LogP contribution in [0.25, 0.3) is 11.2 Å². The number of imidazole rings is 1. The number of aromatic amines is 1. The van der Waals surface area contributed by atoms with Gasteiger partial charge in [0, 0.05) is 13.1 Å². The summed E-state index contributed by atoms with van der Waals surface area (Å²) >= 11 is 0. The van der Waals surface area contributed by atoms with Gasteiger partial charge in [-0.05, 0) is 26.2 Å². The van der Waals surface area contributed by atoms with Gasteiger partial charge in [0.15, 0.2) is 11.5 Å². The molecule has 3 rings (SSSR count). The normalized spacial score (nSPS) is 24.6. The lowest BCUT2D eigenvalue weighted by Crippen LogP contribution is -2.29. The van der Waals surface area contributed by atoms with E-state index in [1.807, 2.05) is 6.92 Å². The fourth-order valence-corrected chi connectivity index (χ4v) is 2.54. The van der Waals surface area contributed by atoms with Gasteiger partial charge in [0.1, 0.15) is 5.52 Å². The summed E-state index contributed by atoms with van der Waals surface area (Å²) in [6, 6.07) is 0. The quantitative estimate of drug-likeness (QED) is 0.698. The van der Waals surface area contributed by atoms with Crippen LogP contribution in [-0.4, -0.2) is 43.7 Å². The zero-order chi connectivity index (χ0) is 13.5. The van der Waals surface area contributed by atoms with Crippen LogP contribution in [0, 0.1) is 0 Å². The Balaban J connectivity index is 1.97. The van der Waals surface area contributed by atoms with E-state index in [1.54, 1.807) is 6.33 Å². The van der Waals surface area contributed by atoms with E-state index in [0.717, 1.165) is 37.3 Å². The molecule has 0 spiro atoms. The highest BCUT2D eigenvalue weighted by Crippen LogP contribution is 2.27. The predicted molar refractivity (Wildman–Crippen MR) is 72.8 cm³/mol. The molecule has 0 bridgehead atoms. The molecule has 0 radical (unpaired) electrons. The summed E-state index contributed by atoms with van der Waals surface area (Å²) in [4.78, 5) is 17.7. The zero-order valence-electron chi connectivity index (χ0n) is 10.9. The maximum Gasteiger partial charge on any atom is 0.224 e. The van der Waals surface area contributed by atoms with E-state index in [4.69, 9.17) is 5.73 Å². The number of H-pyrrole nitrogens is 1. The molecule has 1 unspecified atom stereocenters. The Kier molecular flexibility index (Phi) is 2.78. The fourth-order valence-electron chi connectivity index (χ4n) is 2.54. The van der Waals surface area contributed by atoms with Crippen LogP contribution < -0.4 is 10.6 Å². The Labute approximate surface area is 110 Å². The first kappa shape index (κ1) is 12.2. The molecule has 1 aliphatic rings. The number of nitrogens with zero attached hydrogens (tertiary/aromatic N) is 4. The summed E-state index contributed by atoms with van der Waals surface area (Å²) in [5, 5.41) is 10.1. The van der Waals surface area contributed by atoms with Gasteiger partial charge >= 0.3 is 0 Å². The molecule has 19 heavy (non-hydrogen) atoms. The highest BCUT2D eigenvalue weighted by molar-refractivity contribution is 5.84. The van der Waals surface area contributed by atoms with Gasteiger partial charge in [-0.1, -0.05) is 0 Å². The van der Waals surface area contributed by atoms with Crippen molar-refractivity contribution in [2.45, 2.75) is 31.8 Å². The van der Waals surface area contributed by atoms with Crippen molar-refractivity contribution in [1.82, 2.24) is 19.9 Å². The van der Waals surface area contributed by atoms with Crippen LogP contribution in [0.3, 0.4) is 0 Å². The van der Waals surface area contributed by atoms with Crippen LogP contribution in [0.4, 0.5) is 11.8 Å². The molecule has 1 atom stereocenters. The van der Waals surface area contributed by atoms with Crippen molar-refractivity contribution in [2.75, 3.05) is 23.7 Å². The molecule has 7 heteroatoms. The highest BCUT2D eigenvalue weighted by atomic mass is 16.3. The molecule has 0 aliphatic carbocycles. The number of nitrogen functional groups attached to an aromatic ring is 1. The van der Waals surface area contributed by atoms with E-state index in [2.05, 4.69) is 24.8 Å². The second-order valence-corrected chi connectivity index (χ2v) is 5.34. The number of nitrogens with two attached hydrogens (primary N) is 1. The SMILES string of the molecule is CC1(O)CCCN(c2nc(N)nc3nc[nH]c23)CC1. The van der Waals surface area contributed by atoms with Crippen LogP contribution >= 0.6 is 0 Å². The van der Waals surface area contributed by atoms with Crippen molar-refractivity contribution in [3.8, 4) is 0 Å². The van der Waals surface area contributed by atoms with Crippen LogP contribution in [0.2, 0.25) is 0 Å². The third kappa shape index (κ3) is 2.33. The van der Waals surface area contributed by atoms with E-state index in [9.17, 15) is 5.11 Å². The standard InChI is InChI=1S/C12H18N6O/c1-12(19)3-2-5-18(6-4-12)10-8-9(15-7-14-8)16-11(13)17-10/h7,19H,2-6H2,1H3,(H3,13,14,15,16,17). The lowest BCUT2D eigenvalue weighted by atomic mass is 9.98. The summed E-state index contributed by atoms with van der Waals surface area (Å²) in [6.07, 6.45) is 4.03. The third-order valence-electron chi connectivity index (χ3n) is 3.65. The van der Waals surface area contributed by atoms with Crippen molar-refractivity contribution in [1.29, 1.82) is 0 Å². The van der Waals surface area contributed by atoms with Crippen LogP contribution in [0.1, 0.15) is 26.2 Å². The number of aromatic nitrogens is 4. The van der Waals surface area contributed by atoms with E-state index < -0.39 is 5.60 Å². The van der Waals surface area contributed by atoms with Crippen molar-refractivity contribution < 1.29 is 5.11 Å². The van der Waals surface area contributed by atoms with Gasteiger partial charge in [-0.15, -0.1) is 0 Å². The maximum absolute atomic E-state index is 10.1. The average molecular weight is 262 g/mol. The Bertz CT molecular complexity index is 593. The van der Waals surface area contributed by atoms with Crippen molar-refractivity contribution >= 4 is 22.9 Å². The van der Waals surface area contributed by atoms with Gasteiger partial charge in [0.2, 0.25) is 5.95 Å². The largest absolute Gasteiger partial charge is 0.390 e. The van der Waals surface area contributed by atoms with Crippen LogP contribution in [-0.2, 0) is 0 Å². The number of aliphatic hydroxyl groups is 1. The summed E-state index contributed by atoms with van der Waals surface area (Å²) in [6.45, 7) is 3.48. The molecule has 1 fully saturated rings. The van der Waals surface area contributed by atoms with Crippen molar-refractivity contribution in [3.05, 3.63) is 6.33 Å². The van der Waals surface area contributed by atoms with Crippen molar-refractivity contribution in [2.24, 2.45) is 0 Å². The van der Waals surface area contributed by atoms with Gasteiger partial charge in [0.25, 0.3) is 0 Å². The van der Waals surface area contributed by atoms with Gasteiger partial charge in [-0.25, -0.2) is 4.98 Å². The first-order valence-electron chi connectivity index (χ1n) is 6.49. The topological polar surface area (TPSA) is 104 Å². The highest BCUT2D eigenvalue weighted by Gasteiger charge is 2.26. The molecule has 0 saturated carbocycles. The van der Waals surface area contributed by atoms with E-state index >= 15 is 0 Å². The molecule has 1 saturated heterocycles. The third-order valence-corrected chi connectivity index (χ3v) is 3.65. The number of anilines is 2. The lowest BCUT2D eigenvalue weighted by molar-refractivity contribution is 0.0481. The monoisotopic (exact) mass is 262 g/mol. The number of rotatable bonds is 1. The minimum Gasteiger partial charge on any atom is -0.390 e. The molecule has 102 valence electrons. The van der Waals surface area contributed by atoms with Crippen LogP contribution in [0.5, 0.6) is 0 Å². The Morgan fingerprint density at radius 2 is 2.21 bits per heavy atom. The molecule has 0 amide bonds. The number of hydrogen-bond acceptors (Lipinski definition) is 6. The Morgan fingerprint density at radius 1 is 1.37 bits per heavy atom. The maximum atomic E-state index is 10.1. The van der Waals surface area contributed by atoms with Gasteiger partial charge in [-0.3, -0.25) is 0 Å². The van der Waals surface area contributed by atoms with E-state index in [-0.39, 0.29) is 5.95 Å². The summed E-state index contributed by atoms with van der Waals surface area (Å²) < 4.78 is 0. The van der Waals surface area contributed by atoms with E-state index in [0.29, 0.717) is 12.1 Å². The summed E-state index contributed by atoms with van der Waals surface area (Å²) in [5.41, 5.74) is 6.52. The Hall–Kier alpha value is -1.89. The second-order valence-electron chi connectivity index (χ2n) is 5.34.